The number of nitrogens with one attached hydrogen (secondary N) is 1. The summed E-state index contributed by atoms with van der Waals surface area (Å²) in [6, 6.07) is 3.58. The van der Waals surface area contributed by atoms with Gasteiger partial charge < -0.3 is 5.32 Å². The van der Waals surface area contributed by atoms with Crippen LogP contribution in [-0.2, 0) is 0 Å². The first-order valence-corrected chi connectivity index (χ1v) is 6.98. The lowest BCUT2D eigenvalue weighted by Crippen LogP contribution is -2.44. The highest BCUT2D eigenvalue weighted by Gasteiger charge is 2.22. The number of nitrogens with zero attached hydrogens (tertiary/aromatic N) is 1. The molecule has 1 aliphatic rings. The Balaban J connectivity index is 0.00000180. The molecule has 0 aromatic heterocycles. The first kappa shape index (κ1) is 20.3. The van der Waals surface area contributed by atoms with Gasteiger partial charge in [-0.25, -0.2) is 0 Å². The van der Waals surface area contributed by atoms with E-state index in [9.17, 15) is 0 Å². The van der Waals surface area contributed by atoms with Gasteiger partial charge in [-0.2, -0.15) is 0 Å². The van der Waals surface area contributed by atoms with E-state index in [0.29, 0.717) is 15.1 Å². The van der Waals surface area contributed by atoms with Crippen LogP contribution >= 0.6 is 59.6 Å². The standard InChI is InChI=1S/C13H15Cl3N2.2ClH/c1-2-12(18-5-3-17-4-6-18)10-7-9(14)8-11(15)13(10)16;;/h2,7-8,12,17H,1,3-6H2;2*1H/t12-;;/m1../s1. The molecule has 2 rings (SSSR count). The van der Waals surface area contributed by atoms with Crippen molar-refractivity contribution in [3.63, 3.8) is 0 Å². The van der Waals surface area contributed by atoms with Crippen molar-refractivity contribution in [3.8, 4) is 0 Å². The third-order valence-electron chi connectivity index (χ3n) is 3.11. The molecule has 0 unspecified atom stereocenters. The van der Waals surface area contributed by atoms with E-state index >= 15 is 0 Å². The average molecular weight is 379 g/mol. The minimum atomic E-state index is 0. The monoisotopic (exact) mass is 376 g/mol. The predicted molar refractivity (Wildman–Crippen MR) is 93.3 cm³/mol. The molecule has 1 saturated heterocycles. The van der Waals surface area contributed by atoms with Gasteiger partial charge in [0.15, 0.2) is 0 Å². The van der Waals surface area contributed by atoms with E-state index in [-0.39, 0.29) is 30.9 Å². The Hall–Kier alpha value is 0.330. The molecular weight excluding hydrogens is 361 g/mol. The molecule has 1 heterocycles. The van der Waals surface area contributed by atoms with Gasteiger partial charge in [0, 0.05) is 31.2 Å². The molecule has 20 heavy (non-hydrogen) atoms. The molecule has 2 nitrogen and oxygen atoms in total. The van der Waals surface area contributed by atoms with Crippen molar-refractivity contribution in [2.45, 2.75) is 6.04 Å². The quantitative estimate of drug-likeness (QED) is 0.610. The van der Waals surface area contributed by atoms with Gasteiger partial charge in [-0.05, 0) is 17.7 Å². The summed E-state index contributed by atoms with van der Waals surface area (Å²) in [5, 5.41) is 4.97. The maximum atomic E-state index is 6.28. The zero-order valence-corrected chi connectivity index (χ0v) is 14.6. The van der Waals surface area contributed by atoms with Crippen LogP contribution in [0, 0.1) is 0 Å². The summed E-state index contributed by atoms with van der Waals surface area (Å²) in [7, 11) is 0. The van der Waals surface area contributed by atoms with E-state index in [1.54, 1.807) is 6.07 Å². The fourth-order valence-electron chi connectivity index (χ4n) is 2.22. The number of piperazine rings is 1. The first-order chi connectivity index (χ1) is 8.63. The third-order valence-corrected chi connectivity index (χ3v) is 4.14. The van der Waals surface area contributed by atoms with Gasteiger partial charge >= 0.3 is 0 Å². The van der Waals surface area contributed by atoms with Gasteiger partial charge in [-0.1, -0.05) is 40.9 Å². The van der Waals surface area contributed by atoms with Gasteiger partial charge in [0.25, 0.3) is 0 Å². The lowest BCUT2D eigenvalue weighted by Gasteiger charge is -2.34. The van der Waals surface area contributed by atoms with Gasteiger partial charge in [0.05, 0.1) is 16.1 Å². The second kappa shape index (κ2) is 9.37. The van der Waals surface area contributed by atoms with Crippen LogP contribution in [0.1, 0.15) is 11.6 Å². The minimum absolute atomic E-state index is 0. The Morgan fingerprint density at radius 2 is 1.75 bits per heavy atom. The van der Waals surface area contributed by atoms with Crippen molar-refractivity contribution >= 4 is 59.6 Å². The number of hydrogen-bond acceptors (Lipinski definition) is 2. The molecule has 0 bridgehead atoms. The Morgan fingerprint density at radius 3 is 2.30 bits per heavy atom. The van der Waals surface area contributed by atoms with Crippen LogP contribution < -0.4 is 5.32 Å². The Bertz CT molecular complexity index is 447. The Kier molecular flexibility index (Phi) is 9.52. The van der Waals surface area contributed by atoms with E-state index < -0.39 is 0 Å². The molecule has 0 radical (unpaired) electrons. The summed E-state index contributed by atoms with van der Waals surface area (Å²) < 4.78 is 0. The van der Waals surface area contributed by atoms with E-state index in [4.69, 9.17) is 34.8 Å². The van der Waals surface area contributed by atoms with E-state index in [1.165, 1.54) is 0 Å². The summed E-state index contributed by atoms with van der Waals surface area (Å²) in [6.07, 6.45) is 1.89. The highest BCUT2D eigenvalue weighted by molar-refractivity contribution is 6.43. The summed E-state index contributed by atoms with van der Waals surface area (Å²) in [6.45, 7) is 7.75. The maximum absolute atomic E-state index is 6.28. The maximum Gasteiger partial charge on any atom is 0.0644 e. The number of hydrogen-bond donors (Lipinski definition) is 1. The molecule has 1 aliphatic heterocycles. The van der Waals surface area contributed by atoms with Crippen LogP contribution in [-0.4, -0.2) is 31.1 Å². The Morgan fingerprint density at radius 1 is 1.15 bits per heavy atom. The lowest BCUT2D eigenvalue weighted by atomic mass is 10.0. The van der Waals surface area contributed by atoms with Crippen LogP contribution in [0.4, 0.5) is 0 Å². The van der Waals surface area contributed by atoms with Crippen LogP contribution in [0.5, 0.6) is 0 Å². The fraction of sp³-hybridized carbons (Fsp3) is 0.385. The van der Waals surface area contributed by atoms with E-state index in [0.717, 1.165) is 31.7 Å². The SMILES string of the molecule is C=C[C@H](c1cc(Cl)cc(Cl)c1Cl)N1CCNCC1.Cl.Cl. The van der Waals surface area contributed by atoms with Gasteiger partial charge in [0.2, 0.25) is 0 Å². The molecule has 1 aromatic rings. The normalized spacial score (nSPS) is 16.8. The predicted octanol–water partition coefficient (Wildman–Crippen LogP) is 4.62. The smallest absolute Gasteiger partial charge is 0.0644 e. The number of rotatable bonds is 3. The van der Waals surface area contributed by atoms with E-state index in [2.05, 4.69) is 16.8 Å². The van der Waals surface area contributed by atoms with E-state index in [1.807, 2.05) is 12.1 Å². The van der Waals surface area contributed by atoms with Crippen molar-refractivity contribution < 1.29 is 0 Å². The van der Waals surface area contributed by atoms with Crippen molar-refractivity contribution in [2.75, 3.05) is 26.2 Å². The second-order valence-electron chi connectivity index (χ2n) is 4.26. The van der Waals surface area contributed by atoms with Gasteiger partial charge in [-0.15, -0.1) is 31.4 Å². The molecule has 0 saturated carbocycles. The second-order valence-corrected chi connectivity index (χ2v) is 5.48. The van der Waals surface area contributed by atoms with Crippen LogP contribution in [0.2, 0.25) is 15.1 Å². The number of benzene rings is 1. The topological polar surface area (TPSA) is 15.3 Å². The summed E-state index contributed by atoms with van der Waals surface area (Å²) in [4.78, 5) is 2.32. The summed E-state index contributed by atoms with van der Waals surface area (Å²) >= 11 is 18.4. The minimum Gasteiger partial charge on any atom is -0.314 e. The molecule has 1 aromatic carbocycles. The lowest BCUT2D eigenvalue weighted by molar-refractivity contribution is 0.203. The molecular formula is C13H17Cl5N2. The van der Waals surface area contributed by atoms with Gasteiger partial charge in [0.1, 0.15) is 0 Å². The average Bonchev–Trinajstić information content (AvgIpc) is 2.37. The van der Waals surface area contributed by atoms with Crippen molar-refractivity contribution in [1.29, 1.82) is 0 Å². The van der Waals surface area contributed by atoms with Crippen molar-refractivity contribution in [3.05, 3.63) is 45.4 Å². The largest absolute Gasteiger partial charge is 0.314 e. The van der Waals surface area contributed by atoms with Crippen molar-refractivity contribution in [1.82, 2.24) is 10.2 Å². The summed E-state index contributed by atoms with van der Waals surface area (Å²) in [5.74, 6) is 0. The zero-order valence-electron chi connectivity index (χ0n) is 10.7. The molecule has 0 amide bonds. The number of halogens is 5. The third kappa shape index (κ3) is 4.67. The fourth-order valence-corrected chi connectivity index (χ4v) is 2.95. The van der Waals surface area contributed by atoms with Crippen LogP contribution in [0.25, 0.3) is 0 Å². The molecule has 0 aliphatic carbocycles. The molecule has 1 atom stereocenters. The molecule has 0 spiro atoms. The highest BCUT2D eigenvalue weighted by Crippen LogP contribution is 2.36. The first-order valence-electron chi connectivity index (χ1n) is 5.85. The van der Waals surface area contributed by atoms with Gasteiger partial charge in [-0.3, -0.25) is 4.90 Å². The van der Waals surface area contributed by atoms with Crippen molar-refractivity contribution in [2.24, 2.45) is 0 Å². The summed E-state index contributed by atoms with van der Waals surface area (Å²) in [5.41, 5.74) is 0.922. The molecule has 1 fully saturated rings. The Labute approximate surface area is 147 Å². The zero-order chi connectivity index (χ0) is 13.1. The molecule has 7 heteroatoms. The molecule has 114 valence electrons. The van der Waals surface area contributed by atoms with Crippen LogP contribution in [0.15, 0.2) is 24.8 Å². The van der Waals surface area contributed by atoms with Crippen LogP contribution in [0.3, 0.4) is 0 Å². The molecule has 1 N–H and O–H groups in total. The highest BCUT2D eigenvalue weighted by atomic mass is 35.5.